The highest BCUT2D eigenvalue weighted by Gasteiger charge is 2.38. The van der Waals surface area contributed by atoms with E-state index in [4.69, 9.17) is 0 Å². The zero-order valence-electron chi connectivity index (χ0n) is 14.9. The summed E-state index contributed by atoms with van der Waals surface area (Å²) >= 11 is 0. The van der Waals surface area contributed by atoms with E-state index < -0.39 is 28.9 Å². The molecule has 0 saturated carbocycles. The summed E-state index contributed by atoms with van der Waals surface area (Å²) in [5.74, 6) is -1.28. The van der Waals surface area contributed by atoms with Crippen LogP contribution in [0.15, 0.2) is 48.5 Å². The van der Waals surface area contributed by atoms with Crippen molar-refractivity contribution in [2.75, 3.05) is 20.1 Å². The Labute approximate surface area is 155 Å². The summed E-state index contributed by atoms with van der Waals surface area (Å²) in [5.41, 5.74) is -0.907. The third kappa shape index (κ3) is 4.08. The molecule has 2 N–H and O–H groups in total. The van der Waals surface area contributed by atoms with Crippen LogP contribution in [0.2, 0.25) is 0 Å². The van der Waals surface area contributed by atoms with E-state index in [-0.39, 0.29) is 5.56 Å². The first-order chi connectivity index (χ1) is 12.7. The van der Waals surface area contributed by atoms with Crippen molar-refractivity contribution in [1.29, 1.82) is 0 Å². The normalized spacial score (nSPS) is 21.0. The Morgan fingerprint density at radius 3 is 2.48 bits per heavy atom. The molecule has 2 aromatic rings. The Morgan fingerprint density at radius 2 is 1.89 bits per heavy atom. The molecule has 0 bridgehead atoms. The summed E-state index contributed by atoms with van der Waals surface area (Å²) in [6, 6.07) is 11.9. The van der Waals surface area contributed by atoms with Gasteiger partial charge >= 0.3 is 6.18 Å². The number of alkyl halides is 3. The summed E-state index contributed by atoms with van der Waals surface area (Å²) in [6.07, 6.45) is -3.01. The molecule has 0 aromatic heterocycles. The van der Waals surface area contributed by atoms with E-state index in [1.54, 1.807) is 0 Å². The number of nitrogens with zero attached hydrogens (tertiary/aromatic N) is 1. The van der Waals surface area contributed by atoms with Gasteiger partial charge in [-0.3, -0.25) is 4.79 Å². The van der Waals surface area contributed by atoms with Gasteiger partial charge in [-0.05, 0) is 50.2 Å². The van der Waals surface area contributed by atoms with Gasteiger partial charge in [-0.2, -0.15) is 13.2 Å². The van der Waals surface area contributed by atoms with Gasteiger partial charge in [-0.1, -0.05) is 30.3 Å². The van der Waals surface area contributed by atoms with Gasteiger partial charge in [0.25, 0.3) is 5.91 Å². The van der Waals surface area contributed by atoms with Gasteiger partial charge in [-0.25, -0.2) is 0 Å². The van der Waals surface area contributed by atoms with Gasteiger partial charge in [0.05, 0.1) is 16.7 Å². The quantitative estimate of drug-likeness (QED) is 0.855. The van der Waals surface area contributed by atoms with Crippen LogP contribution in [-0.4, -0.2) is 36.1 Å². The maximum atomic E-state index is 12.8. The van der Waals surface area contributed by atoms with Gasteiger partial charge < -0.3 is 15.3 Å². The molecule has 2 aromatic carbocycles. The highest BCUT2D eigenvalue weighted by molar-refractivity contribution is 5.97. The maximum Gasteiger partial charge on any atom is 0.416 e. The van der Waals surface area contributed by atoms with Crippen LogP contribution in [0.4, 0.5) is 13.2 Å². The van der Waals surface area contributed by atoms with E-state index in [1.165, 1.54) is 0 Å². The van der Waals surface area contributed by atoms with Crippen LogP contribution >= 0.6 is 0 Å². The zero-order valence-corrected chi connectivity index (χ0v) is 14.9. The smallest absolute Gasteiger partial charge is 0.416 e. The predicted molar refractivity (Wildman–Crippen MR) is 95.4 cm³/mol. The minimum Gasteiger partial charge on any atom is -0.507 e. The van der Waals surface area contributed by atoms with E-state index in [1.807, 2.05) is 37.4 Å². The molecule has 1 unspecified atom stereocenters. The molecule has 3 rings (SSSR count). The molecule has 1 saturated heterocycles. The molecule has 1 aliphatic rings. The van der Waals surface area contributed by atoms with Crippen molar-refractivity contribution in [3.8, 4) is 5.75 Å². The van der Waals surface area contributed by atoms with Crippen LogP contribution in [-0.2, 0) is 11.7 Å². The molecule has 27 heavy (non-hydrogen) atoms. The fourth-order valence-electron chi connectivity index (χ4n) is 3.62. The SMILES string of the molecule is CN1CCCC(NC(=O)c2ccc(C(F)(F)F)cc2O)(c2ccccc2)C1. The van der Waals surface area contributed by atoms with Gasteiger partial charge in [0.2, 0.25) is 0 Å². The Bertz CT molecular complexity index is 824. The highest BCUT2D eigenvalue weighted by atomic mass is 19.4. The lowest BCUT2D eigenvalue weighted by Gasteiger charge is -2.42. The number of amides is 1. The third-order valence-corrected chi connectivity index (χ3v) is 4.93. The number of likely N-dealkylation sites (N-methyl/N-ethyl adjacent to an activating group) is 1. The third-order valence-electron chi connectivity index (χ3n) is 4.93. The Hall–Kier alpha value is -2.54. The van der Waals surface area contributed by atoms with E-state index in [0.717, 1.165) is 30.7 Å². The average Bonchev–Trinajstić information content (AvgIpc) is 2.61. The van der Waals surface area contributed by atoms with Crippen molar-refractivity contribution >= 4 is 5.91 Å². The summed E-state index contributed by atoms with van der Waals surface area (Å²) in [4.78, 5) is 14.9. The molecule has 0 aliphatic carbocycles. The van der Waals surface area contributed by atoms with Crippen molar-refractivity contribution in [3.63, 3.8) is 0 Å². The van der Waals surface area contributed by atoms with Crippen LogP contribution in [0.1, 0.15) is 34.3 Å². The number of hydrogen-bond donors (Lipinski definition) is 2. The van der Waals surface area contributed by atoms with Gasteiger partial charge in [0, 0.05) is 6.54 Å². The number of phenols is 1. The number of rotatable bonds is 3. The number of piperidine rings is 1. The summed E-state index contributed by atoms with van der Waals surface area (Å²) in [7, 11) is 1.96. The Morgan fingerprint density at radius 1 is 1.19 bits per heavy atom. The van der Waals surface area contributed by atoms with Crippen molar-refractivity contribution in [1.82, 2.24) is 10.2 Å². The number of carbonyl (C=O) groups excluding carboxylic acids is 1. The molecule has 4 nitrogen and oxygen atoms in total. The van der Waals surface area contributed by atoms with E-state index in [0.29, 0.717) is 19.0 Å². The first kappa shape index (κ1) is 19.2. The molecular weight excluding hydrogens is 357 g/mol. The molecule has 1 atom stereocenters. The van der Waals surface area contributed by atoms with Gasteiger partial charge in [-0.15, -0.1) is 0 Å². The van der Waals surface area contributed by atoms with Crippen LogP contribution < -0.4 is 5.32 Å². The zero-order chi connectivity index (χ0) is 19.7. The minimum absolute atomic E-state index is 0.175. The Kier molecular flexibility index (Phi) is 5.15. The number of hydrogen-bond acceptors (Lipinski definition) is 3. The van der Waals surface area contributed by atoms with Crippen molar-refractivity contribution < 1.29 is 23.1 Å². The van der Waals surface area contributed by atoms with E-state index >= 15 is 0 Å². The second-order valence-electron chi connectivity index (χ2n) is 6.97. The number of likely N-dealkylation sites (tertiary alicyclic amines) is 1. The van der Waals surface area contributed by atoms with Crippen molar-refractivity contribution in [3.05, 3.63) is 65.2 Å². The molecule has 1 heterocycles. The van der Waals surface area contributed by atoms with Crippen molar-refractivity contribution in [2.24, 2.45) is 0 Å². The highest BCUT2D eigenvalue weighted by Crippen LogP contribution is 2.34. The molecule has 0 spiro atoms. The average molecular weight is 378 g/mol. The second kappa shape index (κ2) is 7.23. The lowest BCUT2D eigenvalue weighted by atomic mass is 9.82. The Balaban J connectivity index is 1.92. The number of halogens is 3. The molecule has 0 radical (unpaired) electrons. The lowest BCUT2D eigenvalue weighted by molar-refractivity contribution is -0.137. The molecule has 144 valence electrons. The molecule has 7 heteroatoms. The topological polar surface area (TPSA) is 52.6 Å². The summed E-state index contributed by atoms with van der Waals surface area (Å²) in [5, 5.41) is 13.0. The van der Waals surface area contributed by atoms with Crippen LogP contribution in [0.25, 0.3) is 0 Å². The standard InChI is InChI=1S/C20H21F3N2O2/c1-25-11-5-10-19(13-25,14-6-3-2-4-7-14)24-18(27)16-9-8-15(12-17(16)26)20(21,22)23/h2-4,6-9,12,26H,5,10-11,13H2,1H3,(H,24,27). The minimum atomic E-state index is -4.58. The maximum absolute atomic E-state index is 12.8. The molecular formula is C20H21F3N2O2. The van der Waals surface area contributed by atoms with E-state index in [2.05, 4.69) is 10.2 Å². The van der Waals surface area contributed by atoms with E-state index in [9.17, 15) is 23.1 Å². The van der Waals surface area contributed by atoms with Gasteiger partial charge in [0.1, 0.15) is 5.75 Å². The van der Waals surface area contributed by atoms with Crippen LogP contribution in [0, 0.1) is 0 Å². The monoisotopic (exact) mass is 378 g/mol. The van der Waals surface area contributed by atoms with Crippen molar-refractivity contribution in [2.45, 2.75) is 24.6 Å². The number of carbonyl (C=O) groups is 1. The second-order valence-corrected chi connectivity index (χ2v) is 6.97. The summed E-state index contributed by atoms with van der Waals surface area (Å²) < 4.78 is 38.3. The lowest BCUT2D eigenvalue weighted by Crippen LogP contribution is -2.55. The number of nitrogens with one attached hydrogen (secondary N) is 1. The molecule has 1 fully saturated rings. The van der Waals surface area contributed by atoms with Crippen LogP contribution in [0.3, 0.4) is 0 Å². The molecule has 1 aliphatic heterocycles. The first-order valence-corrected chi connectivity index (χ1v) is 8.68. The van der Waals surface area contributed by atoms with Crippen LogP contribution in [0.5, 0.6) is 5.75 Å². The first-order valence-electron chi connectivity index (χ1n) is 8.68. The largest absolute Gasteiger partial charge is 0.507 e. The number of benzene rings is 2. The fourth-order valence-corrected chi connectivity index (χ4v) is 3.62. The number of phenolic OH excluding ortho intramolecular Hbond substituents is 1. The number of aromatic hydroxyl groups is 1. The fraction of sp³-hybridized carbons (Fsp3) is 0.350. The molecule has 1 amide bonds. The summed E-state index contributed by atoms with van der Waals surface area (Å²) in [6.45, 7) is 1.47. The van der Waals surface area contributed by atoms with Gasteiger partial charge in [0.15, 0.2) is 0 Å². The predicted octanol–water partition coefficient (Wildman–Crippen LogP) is 3.76.